The molecule has 0 aliphatic carbocycles. The van der Waals surface area contributed by atoms with Crippen LogP contribution in [0.15, 0.2) is 36.4 Å². The van der Waals surface area contributed by atoms with Gasteiger partial charge in [-0.05, 0) is 36.5 Å². The van der Waals surface area contributed by atoms with E-state index in [0.717, 1.165) is 11.3 Å². The van der Waals surface area contributed by atoms with Gasteiger partial charge in [-0.25, -0.2) is 9.36 Å². The first-order valence-corrected chi connectivity index (χ1v) is 12.0. The summed E-state index contributed by atoms with van der Waals surface area (Å²) in [5, 5.41) is 0. The second kappa shape index (κ2) is 11.8. The fourth-order valence-electron chi connectivity index (χ4n) is 3.66. The second-order valence-corrected chi connectivity index (χ2v) is 9.34. The molecule has 1 aromatic carbocycles. The molecule has 0 saturated carbocycles. The largest absolute Gasteiger partial charge is 0.497 e. The molecule has 9 heteroatoms. The molecule has 1 aliphatic rings. The van der Waals surface area contributed by atoms with Crippen molar-refractivity contribution in [2.45, 2.75) is 52.4 Å². The maximum Gasteiger partial charge on any atom is 0.469 e. The third-order valence-corrected chi connectivity index (χ3v) is 6.04. The molecule has 1 aliphatic heterocycles. The average Bonchev–Trinajstić information content (AvgIpc) is 2.72. The summed E-state index contributed by atoms with van der Waals surface area (Å²) >= 11 is 0. The summed E-state index contributed by atoms with van der Waals surface area (Å²) in [5.74, 6) is 0.246. The van der Waals surface area contributed by atoms with Crippen molar-refractivity contribution in [2.24, 2.45) is 17.8 Å². The van der Waals surface area contributed by atoms with Crippen molar-refractivity contribution in [3.05, 3.63) is 42.0 Å². The third kappa shape index (κ3) is 8.75. The summed E-state index contributed by atoms with van der Waals surface area (Å²) in [6.07, 6.45) is 3.29. The van der Waals surface area contributed by atoms with Crippen LogP contribution in [0.3, 0.4) is 0 Å². The first-order valence-electron chi connectivity index (χ1n) is 10.4. The molecular formula is C22H33O8P. The number of phosphoric acid groups is 1. The van der Waals surface area contributed by atoms with Crippen LogP contribution in [0.4, 0.5) is 0 Å². The molecule has 0 saturated heterocycles. The van der Waals surface area contributed by atoms with Gasteiger partial charge in [0.1, 0.15) is 11.9 Å². The van der Waals surface area contributed by atoms with Crippen LogP contribution in [0.5, 0.6) is 5.75 Å². The highest BCUT2D eigenvalue weighted by molar-refractivity contribution is 7.46. The molecule has 31 heavy (non-hydrogen) atoms. The van der Waals surface area contributed by atoms with E-state index in [2.05, 4.69) is 0 Å². The van der Waals surface area contributed by atoms with Crippen LogP contribution in [-0.2, 0) is 30.0 Å². The topological polar surface area (TPSA) is 112 Å². The monoisotopic (exact) mass is 456 g/mol. The highest BCUT2D eigenvalue weighted by atomic mass is 31.2. The number of benzene rings is 1. The Hall–Kier alpha value is -1.70. The van der Waals surface area contributed by atoms with Gasteiger partial charge in [0.05, 0.1) is 26.4 Å². The number of methoxy groups -OCH3 is 1. The predicted octanol–water partition coefficient (Wildman–Crippen LogP) is 3.86. The highest BCUT2D eigenvalue weighted by Gasteiger charge is 2.32. The Balaban J connectivity index is 1.89. The predicted molar refractivity (Wildman–Crippen MR) is 115 cm³/mol. The Morgan fingerprint density at radius 3 is 2.45 bits per heavy atom. The van der Waals surface area contributed by atoms with Gasteiger partial charge >= 0.3 is 13.8 Å². The van der Waals surface area contributed by atoms with Crippen LogP contribution in [-0.4, -0.2) is 41.7 Å². The van der Waals surface area contributed by atoms with Crippen LogP contribution < -0.4 is 4.74 Å². The van der Waals surface area contributed by atoms with Crippen molar-refractivity contribution in [2.75, 3.05) is 13.7 Å². The van der Waals surface area contributed by atoms with E-state index < -0.39 is 13.9 Å². The number of carbonyl (C=O) groups excluding carboxylic acids is 1. The Morgan fingerprint density at radius 2 is 1.84 bits per heavy atom. The van der Waals surface area contributed by atoms with Gasteiger partial charge in [-0.3, -0.25) is 4.52 Å². The third-order valence-electron chi connectivity index (χ3n) is 5.49. The first-order chi connectivity index (χ1) is 14.6. The molecule has 0 fully saturated rings. The zero-order chi connectivity index (χ0) is 23.0. The SMILES string of the molecule is COc1ccc(COC[C@H](C)[C@H](CC[C@H](C)[C@@H]2OC(=O)C=C[C@@H]2C)OP(=O)(O)O)cc1. The maximum absolute atomic E-state index is 11.6. The zero-order valence-electron chi connectivity index (χ0n) is 18.5. The summed E-state index contributed by atoms with van der Waals surface area (Å²) in [5.41, 5.74) is 0.968. The van der Waals surface area contributed by atoms with Gasteiger partial charge in [-0.2, -0.15) is 0 Å². The lowest BCUT2D eigenvalue weighted by molar-refractivity contribution is -0.149. The van der Waals surface area contributed by atoms with Crippen LogP contribution in [0.25, 0.3) is 0 Å². The van der Waals surface area contributed by atoms with Crippen molar-refractivity contribution in [3.63, 3.8) is 0 Å². The number of hydrogen-bond donors (Lipinski definition) is 2. The van der Waals surface area contributed by atoms with Gasteiger partial charge < -0.3 is 24.0 Å². The van der Waals surface area contributed by atoms with Gasteiger partial charge in [0, 0.05) is 17.9 Å². The van der Waals surface area contributed by atoms with Crippen molar-refractivity contribution in [1.82, 2.24) is 0 Å². The summed E-state index contributed by atoms with van der Waals surface area (Å²) in [6, 6.07) is 7.49. The Kier molecular flexibility index (Phi) is 9.72. The van der Waals surface area contributed by atoms with Crippen molar-refractivity contribution < 1.29 is 37.9 Å². The minimum absolute atomic E-state index is 0.0131. The minimum Gasteiger partial charge on any atom is -0.497 e. The lowest BCUT2D eigenvalue weighted by Crippen LogP contribution is -2.34. The molecule has 2 N–H and O–H groups in total. The summed E-state index contributed by atoms with van der Waals surface area (Å²) in [6.45, 7) is 6.43. The van der Waals surface area contributed by atoms with Crippen LogP contribution in [0, 0.1) is 17.8 Å². The second-order valence-electron chi connectivity index (χ2n) is 8.15. The summed E-state index contributed by atoms with van der Waals surface area (Å²) in [7, 11) is -3.05. The van der Waals surface area contributed by atoms with Crippen molar-refractivity contribution in [1.29, 1.82) is 0 Å². The smallest absolute Gasteiger partial charge is 0.469 e. The molecule has 0 amide bonds. The number of hydrogen-bond acceptors (Lipinski definition) is 6. The lowest BCUT2D eigenvalue weighted by atomic mass is 9.86. The van der Waals surface area contributed by atoms with E-state index in [0.29, 0.717) is 19.4 Å². The van der Waals surface area contributed by atoms with Gasteiger partial charge in [0.15, 0.2) is 0 Å². The van der Waals surface area contributed by atoms with Crippen LogP contribution in [0.2, 0.25) is 0 Å². The van der Waals surface area contributed by atoms with Crippen LogP contribution in [0.1, 0.15) is 39.2 Å². The molecule has 0 spiro atoms. The maximum atomic E-state index is 11.6. The van der Waals surface area contributed by atoms with E-state index in [-0.39, 0.29) is 36.4 Å². The molecule has 0 aromatic heterocycles. The molecule has 0 bridgehead atoms. The molecule has 174 valence electrons. The molecule has 5 atom stereocenters. The van der Waals surface area contributed by atoms with Crippen molar-refractivity contribution >= 4 is 13.8 Å². The van der Waals surface area contributed by atoms with Crippen molar-refractivity contribution in [3.8, 4) is 5.75 Å². The number of phosphoric ester groups is 1. The first kappa shape index (κ1) is 25.6. The Morgan fingerprint density at radius 1 is 1.16 bits per heavy atom. The number of ether oxygens (including phenoxy) is 3. The molecule has 0 unspecified atom stereocenters. The average molecular weight is 456 g/mol. The van der Waals surface area contributed by atoms with Gasteiger partial charge in [-0.1, -0.05) is 39.0 Å². The van der Waals surface area contributed by atoms with E-state index in [1.54, 1.807) is 7.11 Å². The number of carbonyl (C=O) groups is 1. The molecule has 8 nitrogen and oxygen atoms in total. The molecule has 2 rings (SSSR count). The fourth-order valence-corrected chi connectivity index (χ4v) is 4.32. The van der Waals surface area contributed by atoms with Crippen LogP contribution >= 0.6 is 7.82 Å². The number of rotatable bonds is 12. The minimum atomic E-state index is -4.66. The van der Waals surface area contributed by atoms with Gasteiger partial charge in [-0.15, -0.1) is 0 Å². The number of esters is 1. The quantitative estimate of drug-likeness (QED) is 0.360. The molecule has 1 heterocycles. The molecule has 1 aromatic rings. The fraction of sp³-hybridized carbons (Fsp3) is 0.591. The van der Waals surface area contributed by atoms with E-state index >= 15 is 0 Å². The van der Waals surface area contributed by atoms with Gasteiger partial charge in [0.2, 0.25) is 0 Å². The molecule has 0 radical (unpaired) electrons. The summed E-state index contributed by atoms with van der Waals surface area (Å²) < 4.78 is 32.9. The standard InChI is InChI=1S/C22H33O8P/c1-15(22-16(2)6-12-21(23)29-22)5-11-20(30-31(24,25)26)17(3)13-28-14-18-7-9-19(27-4)10-8-18/h6-10,12,15-17,20,22H,5,11,13-14H2,1-4H3,(H2,24,25,26)/t15-,16-,17-,20-,22-/m0/s1. The summed E-state index contributed by atoms with van der Waals surface area (Å²) in [4.78, 5) is 30.2. The van der Waals surface area contributed by atoms with E-state index in [1.165, 1.54) is 6.08 Å². The molecular weight excluding hydrogens is 423 g/mol. The highest BCUT2D eigenvalue weighted by Crippen LogP contribution is 2.41. The zero-order valence-corrected chi connectivity index (χ0v) is 19.4. The van der Waals surface area contributed by atoms with E-state index in [4.69, 9.17) is 18.7 Å². The van der Waals surface area contributed by atoms with E-state index in [1.807, 2.05) is 51.1 Å². The Labute approximate surface area is 183 Å². The Bertz CT molecular complexity index is 772. The normalized spacial score (nSPS) is 21.9. The lowest BCUT2D eigenvalue weighted by Gasteiger charge is -2.31. The van der Waals surface area contributed by atoms with E-state index in [9.17, 15) is 19.1 Å². The number of cyclic esters (lactones) is 1. The van der Waals surface area contributed by atoms with Gasteiger partial charge in [0.25, 0.3) is 0 Å².